The molecule has 5 nitrogen and oxygen atoms in total. The summed E-state index contributed by atoms with van der Waals surface area (Å²) < 4.78 is 6.54. The maximum atomic E-state index is 12.0. The first kappa shape index (κ1) is 17.0. The molecule has 0 atom stereocenters. The average Bonchev–Trinajstić information content (AvgIpc) is 2.84. The van der Waals surface area contributed by atoms with E-state index in [2.05, 4.69) is 5.10 Å². The van der Waals surface area contributed by atoms with Gasteiger partial charge in [-0.15, -0.1) is 5.98 Å². The van der Waals surface area contributed by atoms with Gasteiger partial charge in [-0.2, -0.15) is 5.10 Å². The number of ketones is 1. The van der Waals surface area contributed by atoms with E-state index in [0.29, 0.717) is 12.2 Å². The zero-order valence-corrected chi connectivity index (χ0v) is 13.6. The van der Waals surface area contributed by atoms with Crippen LogP contribution in [0.25, 0.3) is 10.9 Å². The van der Waals surface area contributed by atoms with Crippen molar-refractivity contribution in [2.75, 3.05) is 6.61 Å². The molecule has 0 aliphatic carbocycles. The number of ether oxygens (including phenoxy) is 1. The third-order valence-electron chi connectivity index (χ3n) is 3.51. The van der Waals surface area contributed by atoms with E-state index in [1.54, 1.807) is 10.7 Å². The summed E-state index contributed by atoms with van der Waals surface area (Å²) in [6, 6.07) is 5.83. The molecule has 0 saturated carbocycles. The Morgan fingerprint density at radius 1 is 1.30 bits per heavy atom. The lowest BCUT2D eigenvalue weighted by Gasteiger charge is -2.05. The molecular formula is C17H19BN2O3. The van der Waals surface area contributed by atoms with Crippen molar-refractivity contribution in [1.82, 2.24) is 9.78 Å². The zero-order valence-electron chi connectivity index (χ0n) is 13.6. The number of hydrogen-bond acceptors (Lipinski definition) is 4. The Morgan fingerprint density at radius 3 is 2.65 bits per heavy atom. The number of aromatic nitrogens is 2. The first-order valence-corrected chi connectivity index (χ1v) is 7.43. The lowest BCUT2D eigenvalue weighted by Crippen LogP contribution is -2.14. The summed E-state index contributed by atoms with van der Waals surface area (Å²) in [6.45, 7) is 5.35. The van der Waals surface area contributed by atoms with Crippen LogP contribution in [0.15, 0.2) is 29.7 Å². The van der Waals surface area contributed by atoms with Crippen LogP contribution in [0, 0.1) is 0 Å². The number of nitrogens with zero attached hydrogens (tertiary/aromatic N) is 2. The molecule has 0 N–H and O–H groups in total. The van der Waals surface area contributed by atoms with Crippen LogP contribution in [0.1, 0.15) is 36.8 Å². The van der Waals surface area contributed by atoms with Crippen LogP contribution in [-0.4, -0.2) is 36.0 Å². The van der Waals surface area contributed by atoms with Crippen LogP contribution in [-0.2, 0) is 22.5 Å². The predicted molar refractivity (Wildman–Crippen MR) is 89.6 cm³/mol. The van der Waals surface area contributed by atoms with Gasteiger partial charge in [0.2, 0.25) is 0 Å². The monoisotopic (exact) mass is 310 g/mol. The molecule has 0 aliphatic heterocycles. The smallest absolute Gasteiger partial charge is 0.302 e. The third kappa shape index (κ3) is 4.09. The highest BCUT2D eigenvalue weighted by Gasteiger charge is 2.15. The van der Waals surface area contributed by atoms with E-state index in [-0.39, 0.29) is 18.4 Å². The van der Waals surface area contributed by atoms with Crippen LogP contribution >= 0.6 is 0 Å². The van der Waals surface area contributed by atoms with Gasteiger partial charge < -0.3 is 4.74 Å². The summed E-state index contributed by atoms with van der Waals surface area (Å²) in [5.74, 6) is 1.17. The summed E-state index contributed by atoms with van der Waals surface area (Å²) >= 11 is 0. The van der Waals surface area contributed by atoms with Crippen molar-refractivity contribution in [2.24, 2.45) is 0 Å². The van der Waals surface area contributed by atoms with E-state index in [1.807, 2.05) is 25.1 Å². The standard InChI is InChI=1S/C17H19BN2O3/c1-11(10-18)8-14-4-5-15-16(9-14)19-20(17(15)12(2)21)6-7-23-13(3)22/h4-5,9-10H,6-8H2,1-3H3/b11-10-. The molecule has 0 saturated heterocycles. The van der Waals surface area contributed by atoms with Crippen LogP contribution in [0.4, 0.5) is 0 Å². The third-order valence-corrected chi connectivity index (χ3v) is 3.51. The van der Waals surface area contributed by atoms with E-state index < -0.39 is 0 Å². The Hall–Kier alpha value is -2.37. The average molecular weight is 310 g/mol. The van der Waals surface area contributed by atoms with Gasteiger partial charge in [0.15, 0.2) is 5.78 Å². The molecule has 6 heteroatoms. The number of benzene rings is 1. The topological polar surface area (TPSA) is 61.2 Å². The highest BCUT2D eigenvalue weighted by atomic mass is 16.5. The SMILES string of the molecule is [B]/C=C(/C)Cc1ccc2c(C(C)=O)n(CCOC(C)=O)nc2c1. The highest BCUT2D eigenvalue weighted by Crippen LogP contribution is 2.22. The second-order valence-electron chi connectivity index (χ2n) is 5.51. The lowest BCUT2D eigenvalue weighted by molar-refractivity contribution is -0.141. The number of esters is 1. The lowest BCUT2D eigenvalue weighted by atomic mass is 9.99. The predicted octanol–water partition coefficient (Wildman–Crippen LogP) is 2.42. The van der Waals surface area contributed by atoms with Gasteiger partial charge in [-0.3, -0.25) is 14.3 Å². The number of carbonyl (C=O) groups is 2. The number of allylic oxidation sites excluding steroid dienone is 1. The molecule has 0 bridgehead atoms. The van der Waals surface area contributed by atoms with Crippen molar-refractivity contribution in [3.05, 3.63) is 41.0 Å². The molecule has 0 unspecified atom stereocenters. The molecule has 1 aromatic heterocycles. The molecule has 0 fully saturated rings. The minimum atomic E-state index is -0.350. The fourth-order valence-electron chi connectivity index (χ4n) is 2.48. The van der Waals surface area contributed by atoms with Crippen molar-refractivity contribution in [2.45, 2.75) is 33.7 Å². The Balaban J connectivity index is 2.36. The second-order valence-corrected chi connectivity index (χ2v) is 5.51. The van der Waals surface area contributed by atoms with Gasteiger partial charge in [0, 0.05) is 19.2 Å². The molecule has 2 aromatic rings. The Bertz CT molecular complexity index is 777. The van der Waals surface area contributed by atoms with Crippen molar-refractivity contribution in [3.8, 4) is 0 Å². The van der Waals surface area contributed by atoms with E-state index in [1.165, 1.54) is 13.8 Å². The number of Topliss-reactive ketones (excluding diaryl/α,β-unsaturated/α-hetero) is 1. The maximum absolute atomic E-state index is 12.0. The molecule has 0 aliphatic rings. The van der Waals surface area contributed by atoms with Gasteiger partial charge >= 0.3 is 5.97 Å². The van der Waals surface area contributed by atoms with E-state index in [4.69, 9.17) is 12.6 Å². The number of hydrogen-bond donors (Lipinski definition) is 0. The Kier molecular flexibility index (Phi) is 5.37. The summed E-state index contributed by atoms with van der Waals surface area (Å²) in [5.41, 5.74) is 3.42. The summed E-state index contributed by atoms with van der Waals surface area (Å²) in [4.78, 5) is 22.8. The molecule has 0 amide bonds. The first-order chi connectivity index (χ1) is 10.9. The Labute approximate surface area is 136 Å². The highest BCUT2D eigenvalue weighted by molar-refractivity contribution is 6.17. The van der Waals surface area contributed by atoms with Gasteiger partial charge in [-0.05, 0) is 25.0 Å². The maximum Gasteiger partial charge on any atom is 0.302 e. The zero-order chi connectivity index (χ0) is 17.0. The molecule has 118 valence electrons. The van der Waals surface area contributed by atoms with Gasteiger partial charge in [0.05, 0.1) is 12.1 Å². The molecule has 2 rings (SSSR count). The number of carbonyl (C=O) groups excluding carboxylic acids is 2. The summed E-state index contributed by atoms with van der Waals surface area (Å²) in [6.07, 6.45) is 0.738. The van der Waals surface area contributed by atoms with Gasteiger partial charge in [-0.25, -0.2) is 0 Å². The fraction of sp³-hybridized carbons (Fsp3) is 0.353. The second kappa shape index (κ2) is 7.27. The van der Waals surface area contributed by atoms with Gasteiger partial charge in [-0.1, -0.05) is 17.7 Å². The Morgan fingerprint density at radius 2 is 2.04 bits per heavy atom. The molecule has 2 radical (unpaired) electrons. The fourth-order valence-corrected chi connectivity index (χ4v) is 2.48. The van der Waals surface area contributed by atoms with Gasteiger partial charge in [0.25, 0.3) is 0 Å². The molecule has 1 aromatic carbocycles. The number of fused-ring (bicyclic) bond motifs is 1. The van der Waals surface area contributed by atoms with Crippen molar-refractivity contribution < 1.29 is 14.3 Å². The van der Waals surface area contributed by atoms with Crippen LogP contribution in [0.2, 0.25) is 0 Å². The minimum Gasteiger partial charge on any atom is -0.464 e. The summed E-state index contributed by atoms with van der Waals surface area (Å²) in [7, 11) is 5.51. The van der Waals surface area contributed by atoms with Gasteiger partial charge in [0.1, 0.15) is 20.1 Å². The normalized spacial score (nSPS) is 11.7. The quantitative estimate of drug-likeness (QED) is 0.467. The van der Waals surface area contributed by atoms with E-state index >= 15 is 0 Å². The largest absolute Gasteiger partial charge is 0.464 e. The molecule has 23 heavy (non-hydrogen) atoms. The summed E-state index contributed by atoms with van der Waals surface area (Å²) in [5, 5.41) is 5.28. The first-order valence-electron chi connectivity index (χ1n) is 7.43. The van der Waals surface area contributed by atoms with Crippen molar-refractivity contribution in [1.29, 1.82) is 0 Å². The molecule has 1 heterocycles. The van der Waals surface area contributed by atoms with Crippen LogP contribution < -0.4 is 0 Å². The van der Waals surface area contributed by atoms with Crippen molar-refractivity contribution >= 4 is 30.5 Å². The van der Waals surface area contributed by atoms with Crippen LogP contribution in [0.5, 0.6) is 0 Å². The van der Waals surface area contributed by atoms with E-state index in [0.717, 1.165) is 28.5 Å². The minimum absolute atomic E-state index is 0.0684. The van der Waals surface area contributed by atoms with E-state index in [9.17, 15) is 9.59 Å². The number of rotatable bonds is 6. The molecule has 0 spiro atoms. The molecular weight excluding hydrogens is 291 g/mol. The van der Waals surface area contributed by atoms with Crippen LogP contribution in [0.3, 0.4) is 0 Å². The van der Waals surface area contributed by atoms with Crippen molar-refractivity contribution in [3.63, 3.8) is 0 Å².